The van der Waals surface area contributed by atoms with Crippen LogP contribution < -0.4 is 10.0 Å². The Bertz CT molecular complexity index is 682. The second kappa shape index (κ2) is 6.29. The molecule has 20 heavy (non-hydrogen) atoms. The molecule has 8 heteroatoms. The minimum atomic E-state index is -3.61. The molecular weight excluding hydrogens is 296 g/mol. The van der Waals surface area contributed by atoms with Crippen LogP contribution in [0, 0.1) is 6.92 Å². The zero-order valence-corrected chi connectivity index (χ0v) is 12.9. The molecule has 0 aliphatic carbocycles. The fraction of sp³-hybridized carbons (Fsp3) is 0.333. The van der Waals surface area contributed by atoms with Gasteiger partial charge in [0.2, 0.25) is 10.0 Å². The summed E-state index contributed by atoms with van der Waals surface area (Å²) in [4.78, 5) is 8.25. The van der Waals surface area contributed by atoms with Crippen LogP contribution in [-0.4, -0.2) is 24.9 Å². The molecular formula is C12H16N4O2S2. The summed E-state index contributed by atoms with van der Waals surface area (Å²) in [6.07, 6.45) is 2.90. The molecule has 0 unspecified atom stereocenters. The third-order valence-corrected chi connectivity index (χ3v) is 4.80. The SMILES string of the molecule is CCNc1ccncc1S(=O)(=O)NCc1csc(C)n1. The number of nitrogens with one attached hydrogen (secondary N) is 2. The summed E-state index contributed by atoms with van der Waals surface area (Å²) in [5.74, 6) is 0. The average Bonchev–Trinajstić information content (AvgIpc) is 2.83. The first-order valence-electron chi connectivity index (χ1n) is 6.11. The molecule has 0 spiro atoms. The van der Waals surface area contributed by atoms with Gasteiger partial charge in [0.15, 0.2) is 0 Å². The van der Waals surface area contributed by atoms with Crippen molar-refractivity contribution < 1.29 is 8.42 Å². The van der Waals surface area contributed by atoms with Gasteiger partial charge >= 0.3 is 0 Å². The Morgan fingerprint density at radius 3 is 2.85 bits per heavy atom. The minimum absolute atomic E-state index is 0.147. The summed E-state index contributed by atoms with van der Waals surface area (Å²) in [6.45, 7) is 4.60. The predicted octanol–water partition coefficient (Wildman–Crippen LogP) is 1.76. The van der Waals surface area contributed by atoms with Crippen LogP contribution in [0.4, 0.5) is 5.69 Å². The maximum Gasteiger partial charge on any atom is 0.244 e. The lowest BCUT2D eigenvalue weighted by Crippen LogP contribution is -2.24. The highest BCUT2D eigenvalue weighted by atomic mass is 32.2. The number of pyridine rings is 1. The number of thiazole rings is 1. The van der Waals surface area contributed by atoms with Crippen LogP contribution in [0.3, 0.4) is 0 Å². The molecule has 0 saturated carbocycles. The summed E-state index contributed by atoms with van der Waals surface area (Å²) in [5, 5.41) is 5.76. The van der Waals surface area contributed by atoms with Crippen LogP contribution in [0.1, 0.15) is 17.6 Å². The Kier molecular flexibility index (Phi) is 4.69. The maximum atomic E-state index is 12.3. The van der Waals surface area contributed by atoms with E-state index in [0.29, 0.717) is 17.9 Å². The van der Waals surface area contributed by atoms with E-state index in [1.54, 1.807) is 12.3 Å². The van der Waals surface area contributed by atoms with Crippen LogP contribution >= 0.6 is 11.3 Å². The first-order valence-corrected chi connectivity index (χ1v) is 8.47. The van der Waals surface area contributed by atoms with E-state index >= 15 is 0 Å². The standard InChI is InChI=1S/C12H16N4O2S2/c1-3-14-11-4-5-13-7-12(11)20(17,18)15-6-10-8-19-9(2)16-10/h4-5,7-8,15H,3,6H2,1-2H3,(H,13,14). The van der Waals surface area contributed by atoms with Crippen molar-refractivity contribution in [3.8, 4) is 0 Å². The molecule has 108 valence electrons. The molecule has 0 atom stereocenters. The lowest BCUT2D eigenvalue weighted by atomic mass is 10.4. The minimum Gasteiger partial charge on any atom is -0.384 e. The lowest BCUT2D eigenvalue weighted by Gasteiger charge is -2.11. The summed E-state index contributed by atoms with van der Waals surface area (Å²) < 4.78 is 27.1. The predicted molar refractivity (Wildman–Crippen MR) is 79.3 cm³/mol. The molecule has 2 N–H and O–H groups in total. The number of sulfonamides is 1. The van der Waals surface area contributed by atoms with Gasteiger partial charge in [0.1, 0.15) is 4.90 Å². The molecule has 0 saturated heterocycles. The quantitative estimate of drug-likeness (QED) is 0.849. The smallest absolute Gasteiger partial charge is 0.244 e. The zero-order chi connectivity index (χ0) is 14.6. The second-order valence-electron chi connectivity index (χ2n) is 4.08. The number of hydrogen-bond donors (Lipinski definition) is 2. The first kappa shape index (κ1) is 14.9. The van der Waals surface area contributed by atoms with E-state index in [4.69, 9.17) is 0 Å². The van der Waals surface area contributed by atoms with E-state index in [9.17, 15) is 8.42 Å². The van der Waals surface area contributed by atoms with Gasteiger partial charge in [-0.3, -0.25) is 4.98 Å². The van der Waals surface area contributed by atoms with Gasteiger partial charge in [0.05, 0.1) is 22.9 Å². The van der Waals surface area contributed by atoms with Crippen LogP contribution in [0.2, 0.25) is 0 Å². The van der Waals surface area contributed by atoms with E-state index < -0.39 is 10.0 Å². The first-order chi connectivity index (χ1) is 9.53. The molecule has 0 fully saturated rings. The maximum absolute atomic E-state index is 12.3. The van der Waals surface area contributed by atoms with E-state index in [2.05, 4.69) is 20.0 Å². The second-order valence-corrected chi connectivity index (χ2v) is 6.88. The summed E-state index contributed by atoms with van der Waals surface area (Å²) >= 11 is 1.49. The van der Waals surface area contributed by atoms with Gasteiger partial charge in [-0.05, 0) is 19.9 Å². The molecule has 0 aliphatic rings. The average molecular weight is 312 g/mol. The third-order valence-electron chi connectivity index (χ3n) is 2.55. The molecule has 2 heterocycles. The van der Waals surface area contributed by atoms with Crippen molar-refractivity contribution in [3.05, 3.63) is 34.5 Å². The topological polar surface area (TPSA) is 84.0 Å². The van der Waals surface area contributed by atoms with E-state index in [1.165, 1.54) is 17.5 Å². The zero-order valence-electron chi connectivity index (χ0n) is 11.3. The Labute approximate surface area is 122 Å². The van der Waals surface area contributed by atoms with Gasteiger partial charge in [-0.25, -0.2) is 18.1 Å². The van der Waals surface area contributed by atoms with Crippen molar-refractivity contribution >= 4 is 27.0 Å². The summed E-state index contributed by atoms with van der Waals surface area (Å²) in [7, 11) is -3.61. The van der Waals surface area contributed by atoms with E-state index in [0.717, 1.165) is 5.01 Å². The summed E-state index contributed by atoms with van der Waals surface area (Å²) in [5.41, 5.74) is 1.26. The number of aromatic nitrogens is 2. The van der Waals surface area contributed by atoms with Gasteiger partial charge in [-0.15, -0.1) is 11.3 Å². The molecule has 2 aromatic rings. The van der Waals surface area contributed by atoms with Gasteiger partial charge < -0.3 is 5.32 Å². The van der Waals surface area contributed by atoms with Crippen molar-refractivity contribution in [1.82, 2.24) is 14.7 Å². The Morgan fingerprint density at radius 2 is 2.20 bits per heavy atom. The van der Waals surface area contributed by atoms with E-state index in [1.807, 2.05) is 19.2 Å². The van der Waals surface area contributed by atoms with Crippen molar-refractivity contribution in [1.29, 1.82) is 0 Å². The van der Waals surface area contributed by atoms with Gasteiger partial charge in [0, 0.05) is 24.3 Å². The molecule has 6 nitrogen and oxygen atoms in total. The molecule has 0 radical (unpaired) electrons. The molecule has 0 aliphatic heterocycles. The molecule has 2 aromatic heterocycles. The highest BCUT2D eigenvalue weighted by molar-refractivity contribution is 7.89. The largest absolute Gasteiger partial charge is 0.384 e. The normalized spacial score (nSPS) is 11.5. The van der Waals surface area contributed by atoms with Crippen molar-refractivity contribution in [2.24, 2.45) is 0 Å². The number of anilines is 1. The Morgan fingerprint density at radius 1 is 1.40 bits per heavy atom. The van der Waals surface area contributed by atoms with Gasteiger partial charge in [0.25, 0.3) is 0 Å². The monoisotopic (exact) mass is 312 g/mol. The van der Waals surface area contributed by atoms with Crippen molar-refractivity contribution in [2.75, 3.05) is 11.9 Å². The number of aryl methyl sites for hydroxylation is 1. The van der Waals surface area contributed by atoms with Crippen molar-refractivity contribution in [2.45, 2.75) is 25.3 Å². The Hall–Kier alpha value is -1.51. The lowest BCUT2D eigenvalue weighted by molar-refractivity contribution is 0.580. The molecule has 0 aromatic carbocycles. The van der Waals surface area contributed by atoms with Crippen LogP contribution in [0.5, 0.6) is 0 Å². The third kappa shape index (κ3) is 3.53. The summed E-state index contributed by atoms with van der Waals surface area (Å²) in [6, 6.07) is 1.64. The molecule has 0 amide bonds. The van der Waals surface area contributed by atoms with Crippen molar-refractivity contribution in [3.63, 3.8) is 0 Å². The molecule has 2 rings (SSSR count). The highest BCUT2D eigenvalue weighted by Gasteiger charge is 2.18. The fourth-order valence-corrected chi connectivity index (χ4v) is 3.40. The highest BCUT2D eigenvalue weighted by Crippen LogP contribution is 2.19. The van der Waals surface area contributed by atoms with Gasteiger partial charge in [-0.2, -0.15) is 0 Å². The molecule has 0 bridgehead atoms. The number of rotatable bonds is 6. The number of hydrogen-bond acceptors (Lipinski definition) is 6. The van der Waals surface area contributed by atoms with Crippen LogP contribution in [-0.2, 0) is 16.6 Å². The number of nitrogens with zero attached hydrogens (tertiary/aromatic N) is 2. The van der Waals surface area contributed by atoms with Crippen LogP contribution in [0.15, 0.2) is 28.7 Å². The Balaban J connectivity index is 2.18. The fourth-order valence-electron chi connectivity index (χ4n) is 1.67. The van der Waals surface area contributed by atoms with E-state index in [-0.39, 0.29) is 11.4 Å². The van der Waals surface area contributed by atoms with Gasteiger partial charge in [-0.1, -0.05) is 0 Å². The van der Waals surface area contributed by atoms with Crippen LogP contribution in [0.25, 0.3) is 0 Å².